The van der Waals surface area contributed by atoms with Crippen molar-refractivity contribution in [1.29, 1.82) is 0 Å². The van der Waals surface area contributed by atoms with E-state index in [2.05, 4.69) is 15.4 Å². The number of carbonyl (C=O) groups is 2. The molecule has 0 saturated heterocycles. The number of ether oxygens (including phenoxy) is 1. The average Bonchev–Trinajstić information content (AvgIpc) is 2.50. The number of amides is 2. The molecular formula is C15H15N3O3. The number of methoxy groups -OCH3 is 1. The molecule has 0 fully saturated rings. The third-order valence-electron chi connectivity index (χ3n) is 2.79. The van der Waals surface area contributed by atoms with Crippen molar-refractivity contribution in [3.63, 3.8) is 0 Å². The normalized spacial score (nSPS) is 9.76. The van der Waals surface area contributed by atoms with E-state index in [4.69, 9.17) is 5.73 Å². The molecule has 0 aliphatic carbocycles. The molecule has 0 spiro atoms. The largest absolute Gasteiger partial charge is 0.453 e. The second-order valence-electron chi connectivity index (χ2n) is 4.24. The van der Waals surface area contributed by atoms with Crippen LogP contribution in [0.1, 0.15) is 10.4 Å². The maximum atomic E-state index is 12.1. The predicted molar refractivity (Wildman–Crippen MR) is 81.3 cm³/mol. The fraction of sp³-hybridized carbons (Fsp3) is 0.0667. The zero-order valence-electron chi connectivity index (χ0n) is 11.4. The fourth-order valence-electron chi connectivity index (χ4n) is 1.68. The summed E-state index contributed by atoms with van der Waals surface area (Å²) in [5.41, 5.74) is 7.81. The first kappa shape index (κ1) is 14.4. The van der Waals surface area contributed by atoms with Gasteiger partial charge in [0.2, 0.25) is 0 Å². The van der Waals surface area contributed by atoms with Crippen molar-refractivity contribution < 1.29 is 14.3 Å². The third-order valence-corrected chi connectivity index (χ3v) is 2.79. The number of anilines is 3. The minimum absolute atomic E-state index is 0.280. The van der Waals surface area contributed by atoms with E-state index in [1.165, 1.54) is 7.11 Å². The summed E-state index contributed by atoms with van der Waals surface area (Å²) in [5.74, 6) is -0.280. The maximum Gasteiger partial charge on any atom is 0.411 e. The lowest BCUT2D eigenvalue weighted by atomic mass is 10.2. The number of rotatable bonds is 3. The topological polar surface area (TPSA) is 93.4 Å². The quantitative estimate of drug-likeness (QED) is 0.756. The van der Waals surface area contributed by atoms with Gasteiger partial charge in [-0.25, -0.2) is 4.79 Å². The van der Waals surface area contributed by atoms with Crippen LogP contribution in [0.2, 0.25) is 0 Å². The lowest BCUT2D eigenvalue weighted by Gasteiger charge is -2.08. The summed E-state index contributed by atoms with van der Waals surface area (Å²) in [4.78, 5) is 23.1. The van der Waals surface area contributed by atoms with Gasteiger partial charge in [0.05, 0.1) is 18.5 Å². The van der Waals surface area contributed by atoms with Gasteiger partial charge in [0.1, 0.15) is 0 Å². The van der Waals surface area contributed by atoms with Crippen LogP contribution in [-0.2, 0) is 4.74 Å². The number of hydrogen-bond acceptors (Lipinski definition) is 4. The van der Waals surface area contributed by atoms with E-state index < -0.39 is 6.09 Å². The Labute approximate surface area is 121 Å². The zero-order chi connectivity index (χ0) is 15.2. The summed E-state index contributed by atoms with van der Waals surface area (Å²) in [6.45, 7) is 0. The van der Waals surface area contributed by atoms with Crippen LogP contribution < -0.4 is 16.4 Å². The monoisotopic (exact) mass is 285 g/mol. The SMILES string of the molecule is COC(=O)Nc1ccc(C(=O)Nc2ccccc2N)cc1. The van der Waals surface area contributed by atoms with Gasteiger partial charge in [-0.15, -0.1) is 0 Å². The van der Waals surface area contributed by atoms with Gasteiger partial charge < -0.3 is 15.8 Å². The standard InChI is InChI=1S/C15H15N3O3/c1-21-15(20)17-11-8-6-10(7-9-11)14(19)18-13-5-3-2-4-12(13)16/h2-9H,16H2,1H3,(H,17,20)(H,18,19). The Hall–Kier alpha value is -3.02. The van der Waals surface area contributed by atoms with E-state index in [0.29, 0.717) is 22.6 Å². The van der Waals surface area contributed by atoms with E-state index in [9.17, 15) is 9.59 Å². The van der Waals surface area contributed by atoms with Gasteiger partial charge in [-0.2, -0.15) is 0 Å². The van der Waals surface area contributed by atoms with E-state index in [1.807, 2.05) is 0 Å². The summed E-state index contributed by atoms with van der Waals surface area (Å²) < 4.78 is 4.48. The molecule has 4 N–H and O–H groups in total. The molecule has 0 bridgehead atoms. The molecule has 2 amide bonds. The highest BCUT2D eigenvalue weighted by atomic mass is 16.5. The summed E-state index contributed by atoms with van der Waals surface area (Å²) in [6, 6.07) is 13.4. The number of hydrogen-bond donors (Lipinski definition) is 3. The van der Waals surface area contributed by atoms with Gasteiger partial charge in [0, 0.05) is 11.3 Å². The van der Waals surface area contributed by atoms with Crippen LogP contribution in [-0.4, -0.2) is 19.1 Å². The Bertz CT molecular complexity index is 653. The molecule has 2 aromatic rings. The molecule has 0 radical (unpaired) electrons. The first-order chi connectivity index (χ1) is 10.1. The molecule has 2 rings (SSSR count). The van der Waals surface area contributed by atoms with Gasteiger partial charge in [-0.3, -0.25) is 10.1 Å². The molecule has 21 heavy (non-hydrogen) atoms. The smallest absolute Gasteiger partial charge is 0.411 e. The minimum atomic E-state index is -0.565. The highest BCUT2D eigenvalue weighted by Gasteiger charge is 2.08. The summed E-state index contributed by atoms with van der Waals surface area (Å²) in [7, 11) is 1.28. The number of nitrogens with two attached hydrogens (primary N) is 1. The number of para-hydroxylation sites is 2. The van der Waals surface area contributed by atoms with Gasteiger partial charge >= 0.3 is 6.09 Å². The fourth-order valence-corrected chi connectivity index (χ4v) is 1.68. The van der Waals surface area contributed by atoms with Crippen molar-refractivity contribution >= 4 is 29.1 Å². The Balaban J connectivity index is 2.06. The molecule has 6 nitrogen and oxygen atoms in total. The van der Waals surface area contributed by atoms with Gasteiger partial charge in [0.25, 0.3) is 5.91 Å². The number of carbonyl (C=O) groups excluding carboxylic acids is 2. The van der Waals surface area contributed by atoms with Gasteiger partial charge in [-0.1, -0.05) is 12.1 Å². The Morgan fingerprint density at radius 1 is 1.00 bits per heavy atom. The van der Waals surface area contributed by atoms with Crippen LogP contribution in [0.25, 0.3) is 0 Å². The third kappa shape index (κ3) is 3.73. The van der Waals surface area contributed by atoms with Crippen LogP contribution >= 0.6 is 0 Å². The lowest BCUT2D eigenvalue weighted by Crippen LogP contribution is -2.14. The molecule has 0 aromatic heterocycles. The molecule has 0 heterocycles. The lowest BCUT2D eigenvalue weighted by molar-refractivity contribution is 0.102. The molecule has 0 unspecified atom stereocenters. The number of nitrogen functional groups attached to an aromatic ring is 1. The Morgan fingerprint density at radius 2 is 1.67 bits per heavy atom. The highest BCUT2D eigenvalue weighted by Crippen LogP contribution is 2.18. The first-order valence-corrected chi connectivity index (χ1v) is 6.21. The van der Waals surface area contributed by atoms with Crippen molar-refractivity contribution in [2.75, 3.05) is 23.5 Å². The molecule has 108 valence electrons. The van der Waals surface area contributed by atoms with Crippen molar-refractivity contribution in [2.24, 2.45) is 0 Å². The number of benzene rings is 2. The Kier molecular flexibility index (Phi) is 4.40. The predicted octanol–water partition coefficient (Wildman–Crippen LogP) is 2.70. The summed E-state index contributed by atoms with van der Waals surface area (Å²) >= 11 is 0. The molecule has 0 aliphatic rings. The molecule has 6 heteroatoms. The zero-order valence-corrected chi connectivity index (χ0v) is 11.4. The van der Waals surface area contributed by atoms with Crippen molar-refractivity contribution in [3.8, 4) is 0 Å². The molecule has 0 atom stereocenters. The molecule has 2 aromatic carbocycles. The second kappa shape index (κ2) is 6.42. The van der Waals surface area contributed by atoms with Crippen molar-refractivity contribution in [1.82, 2.24) is 0 Å². The molecule has 0 aliphatic heterocycles. The average molecular weight is 285 g/mol. The molecule has 0 saturated carbocycles. The minimum Gasteiger partial charge on any atom is -0.453 e. The second-order valence-corrected chi connectivity index (χ2v) is 4.24. The van der Waals surface area contributed by atoms with Crippen LogP contribution in [0, 0.1) is 0 Å². The van der Waals surface area contributed by atoms with Gasteiger partial charge in [0.15, 0.2) is 0 Å². The van der Waals surface area contributed by atoms with E-state index in [-0.39, 0.29) is 5.91 Å². The van der Waals surface area contributed by atoms with Crippen LogP contribution in [0.5, 0.6) is 0 Å². The number of nitrogens with one attached hydrogen (secondary N) is 2. The van der Waals surface area contributed by atoms with Gasteiger partial charge in [-0.05, 0) is 36.4 Å². The van der Waals surface area contributed by atoms with Crippen LogP contribution in [0.4, 0.5) is 21.9 Å². The van der Waals surface area contributed by atoms with E-state index >= 15 is 0 Å². The van der Waals surface area contributed by atoms with Crippen molar-refractivity contribution in [3.05, 3.63) is 54.1 Å². The van der Waals surface area contributed by atoms with Crippen LogP contribution in [0.15, 0.2) is 48.5 Å². The van der Waals surface area contributed by atoms with E-state index in [1.54, 1.807) is 48.5 Å². The first-order valence-electron chi connectivity index (χ1n) is 6.21. The van der Waals surface area contributed by atoms with Crippen molar-refractivity contribution in [2.45, 2.75) is 0 Å². The highest BCUT2D eigenvalue weighted by molar-refractivity contribution is 6.06. The van der Waals surface area contributed by atoms with E-state index in [0.717, 1.165) is 0 Å². The van der Waals surface area contributed by atoms with Crippen LogP contribution in [0.3, 0.4) is 0 Å². The molecular weight excluding hydrogens is 270 g/mol. The summed E-state index contributed by atoms with van der Waals surface area (Å²) in [6.07, 6.45) is -0.565. The maximum absolute atomic E-state index is 12.1. The Morgan fingerprint density at radius 3 is 2.29 bits per heavy atom. The summed E-state index contributed by atoms with van der Waals surface area (Å²) in [5, 5.41) is 5.23.